The first-order chi connectivity index (χ1) is 34.1. The third-order valence-corrected chi connectivity index (χ3v) is 13.2. The molecule has 3 aromatic carbocycles. The van der Waals surface area contributed by atoms with Crippen molar-refractivity contribution in [3.8, 4) is 0 Å². The van der Waals surface area contributed by atoms with E-state index < -0.39 is 53.9 Å². The van der Waals surface area contributed by atoms with Crippen molar-refractivity contribution in [1.29, 1.82) is 0 Å². The Bertz CT molecular complexity index is 2700. The number of aliphatic hydroxyl groups excluding tert-OH is 1. The third-order valence-electron chi connectivity index (χ3n) is 12.5. The van der Waals surface area contributed by atoms with Crippen LogP contribution in [0.2, 0.25) is 5.02 Å². The number of aryl methyl sites for hydroxylation is 1. The SMILES string of the molecule is CC(C)(C)NC(=O)[C@@H]1C[C@@H]2CCCC[C@@H]2CN1C[C@@H](O)[C@H](Cc1ccccc1)NC(=O)[C@H](CC(N)=O)NC(=O)c1ccc2ccccc2n1.Cc1occc1C(=S)Nc1ccc(Cl)c(/C=N/OC(C)(C)C)c1. The molecule has 0 bridgehead atoms. The van der Waals surface area contributed by atoms with Gasteiger partial charge in [-0.25, -0.2) is 4.98 Å². The highest BCUT2D eigenvalue weighted by atomic mass is 35.5. The molecule has 6 atom stereocenters. The number of anilines is 1. The number of pyridine rings is 1. The van der Waals surface area contributed by atoms with E-state index in [1.54, 1.807) is 36.7 Å². The lowest BCUT2D eigenvalue weighted by atomic mass is 9.72. The number of hydrogen-bond donors (Lipinski definition) is 6. The lowest BCUT2D eigenvalue weighted by molar-refractivity contribution is -0.133. The fourth-order valence-corrected chi connectivity index (χ4v) is 9.54. The number of nitrogens with zero attached hydrogens (tertiary/aromatic N) is 3. The quantitative estimate of drug-likeness (QED) is 0.0314. The van der Waals surface area contributed by atoms with Crippen LogP contribution in [-0.4, -0.2) is 98.3 Å². The number of primary amides is 1. The molecule has 2 aromatic heterocycles. The van der Waals surface area contributed by atoms with Gasteiger partial charge in [-0.05, 0) is 122 Å². The minimum atomic E-state index is -1.30. The number of hydrogen-bond acceptors (Lipinski definition) is 11. The molecular weight excluding hydrogens is 952 g/mol. The number of nitrogens with two attached hydrogens (primary N) is 1. The first-order valence-electron chi connectivity index (χ1n) is 24.5. The predicted molar refractivity (Wildman–Crippen MR) is 287 cm³/mol. The number of rotatable bonds is 16. The molecular formula is C55H69ClN8O7S. The Hall–Kier alpha value is -6.20. The molecule has 17 heteroatoms. The molecule has 2 fully saturated rings. The van der Waals surface area contributed by atoms with Crippen LogP contribution in [0, 0.1) is 18.8 Å². The van der Waals surface area contributed by atoms with Crippen LogP contribution >= 0.6 is 23.8 Å². The summed E-state index contributed by atoms with van der Waals surface area (Å²) in [6.45, 7) is 14.4. The molecule has 7 N–H and O–H groups in total. The number of fused-ring (bicyclic) bond motifs is 2. The monoisotopic (exact) mass is 1020 g/mol. The molecule has 4 amide bonds. The van der Waals surface area contributed by atoms with Gasteiger partial charge in [0, 0.05) is 40.3 Å². The van der Waals surface area contributed by atoms with E-state index in [1.165, 1.54) is 6.42 Å². The number of oxime groups is 1. The van der Waals surface area contributed by atoms with Crippen molar-refractivity contribution in [2.45, 2.75) is 129 Å². The zero-order valence-corrected chi connectivity index (χ0v) is 43.8. The maximum atomic E-state index is 13.8. The average molecular weight is 1020 g/mol. The van der Waals surface area contributed by atoms with Crippen LogP contribution in [0.4, 0.5) is 5.69 Å². The molecule has 1 aliphatic carbocycles. The Kier molecular flexibility index (Phi) is 19.1. The molecule has 7 rings (SSSR count). The number of aromatic nitrogens is 1. The Morgan fingerprint density at radius 2 is 1.67 bits per heavy atom. The number of amides is 4. The lowest BCUT2D eigenvalue weighted by Crippen LogP contribution is -2.61. The van der Waals surface area contributed by atoms with E-state index in [9.17, 15) is 24.3 Å². The van der Waals surface area contributed by atoms with Crippen LogP contribution in [0.1, 0.15) is 113 Å². The molecule has 0 unspecified atom stereocenters. The molecule has 15 nitrogen and oxygen atoms in total. The van der Waals surface area contributed by atoms with Gasteiger partial charge in [0.05, 0.1) is 48.2 Å². The zero-order chi connectivity index (χ0) is 52.2. The molecule has 3 heterocycles. The summed E-state index contributed by atoms with van der Waals surface area (Å²) in [5.41, 5.74) is 8.78. The average Bonchev–Trinajstić information content (AvgIpc) is 3.76. The fourth-order valence-electron chi connectivity index (χ4n) is 9.04. The van der Waals surface area contributed by atoms with Crippen LogP contribution in [-0.2, 0) is 25.6 Å². The maximum Gasteiger partial charge on any atom is 0.270 e. The maximum absolute atomic E-state index is 13.8. The van der Waals surface area contributed by atoms with Gasteiger partial charge < -0.3 is 41.4 Å². The van der Waals surface area contributed by atoms with E-state index >= 15 is 0 Å². The standard InChI is InChI=1S/C38H50N6O5.C17H19ClN2O2S/c1-38(2,3)43-37(49)32-20-26-14-7-8-15-27(26)22-44(32)23-33(45)30(19-24-11-5-4-6-12-24)41-36(48)31(21-34(39)46)42-35(47)29-18-17-25-13-9-10-16-28(25)40-29;1-11-14(7-8-21-11)16(23)20-13-5-6-15(18)12(9-13)10-19-22-17(2,3)4/h4-6,9-13,16-18,26-27,30-33,45H,7-8,14-15,19-23H2,1-3H3,(H2,39,46)(H,41,48)(H,42,47)(H,43,49);5-10H,1-4H3,(H,20,23)/b;19-10+/t26-,27+,30-,31-,32-,33+;/m0./s1. The number of para-hydroxylation sites is 1. The summed E-state index contributed by atoms with van der Waals surface area (Å²) >= 11 is 11.6. The topological polar surface area (TPSA) is 214 Å². The second-order valence-electron chi connectivity index (χ2n) is 20.7. The normalized spacial score (nSPS) is 18.4. The van der Waals surface area contributed by atoms with Crippen molar-refractivity contribution in [3.63, 3.8) is 0 Å². The number of benzene rings is 3. The van der Waals surface area contributed by atoms with Gasteiger partial charge in [0.2, 0.25) is 17.7 Å². The van der Waals surface area contributed by atoms with E-state index in [0.717, 1.165) is 59.2 Å². The first-order valence-corrected chi connectivity index (χ1v) is 25.3. The van der Waals surface area contributed by atoms with Crippen molar-refractivity contribution in [1.82, 2.24) is 25.8 Å². The van der Waals surface area contributed by atoms with E-state index in [-0.39, 0.29) is 30.2 Å². The van der Waals surface area contributed by atoms with E-state index in [1.807, 2.05) is 115 Å². The van der Waals surface area contributed by atoms with Crippen molar-refractivity contribution < 1.29 is 33.5 Å². The van der Waals surface area contributed by atoms with Crippen molar-refractivity contribution >= 4 is 75.2 Å². The molecule has 72 heavy (non-hydrogen) atoms. The highest BCUT2D eigenvalue weighted by Gasteiger charge is 2.42. The summed E-state index contributed by atoms with van der Waals surface area (Å²) in [7, 11) is 0. The number of nitrogens with one attached hydrogen (secondary N) is 4. The smallest absolute Gasteiger partial charge is 0.270 e. The highest BCUT2D eigenvalue weighted by molar-refractivity contribution is 7.81. The molecule has 1 aliphatic heterocycles. The fraction of sp³-hybridized carbons (Fsp3) is 0.436. The second-order valence-corrected chi connectivity index (χ2v) is 21.5. The van der Waals surface area contributed by atoms with Gasteiger partial charge in [0.1, 0.15) is 28.1 Å². The van der Waals surface area contributed by atoms with Gasteiger partial charge in [0.25, 0.3) is 5.91 Å². The number of carbonyl (C=O) groups excluding carboxylic acids is 4. The first kappa shape index (κ1) is 55.1. The summed E-state index contributed by atoms with van der Waals surface area (Å²) in [6, 6.07) is 25.0. The Morgan fingerprint density at radius 3 is 2.35 bits per heavy atom. The van der Waals surface area contributed by atoms with Crippen molar-refractivity contribution in [3.05, 3.63) is 130 Å². The molecule has 384 valence electrons. The number of β-amino-alcohol motifs (C(OH)–C–C–N with tert-alkyl or cyclic N) is 1. The summed E-state index contributed by atoms with van der Waals surface area (Å²) in [5.74, 6) is -0.421. The van der Waals surface area contributed by atoms with E-state index in [2.05, 4.69) is 36.3 Å². The largest absolute Gasteiger partial charge is 0.469 e. The van der Waals surface area contributed by atoms with Crippen LogP contribution in [0.3, 0.4) is 0 Å². The molecule has 1 saturated heterocycles. The van der Waals surface area contributed by atoms with Gasteiger partial charge in [-0.15, -0.1) is 0 Å². The molecule has 0 spiro atoms. The van der Waals surface area contributed by atoms with Crippen LogP contribution in [0.15, 0.2) is 107 Å². The van der Waals surface area contributed by atoms with Crippen LogP contribution < -0.4 is 27.0 Å². The Balaban J connectivity index is 0.000000307. The molecule has 0 radical (unpaired) electrons. The number of halogens is 1. The van der Waals surface area contributed by atoms with E-state index in [0.29, 0.717) is 33.9 Å². The Morgan fingerprint density at radius 1 is 0.958 bits per heavy atom. The summed E-state index contributed by atoms with van der Waals surface area (Å²) in [6.07, 6.45) is 7.23. The summed E-state index contributed by atoms with van der Waals surface area (Å²) in [5, 5.41) is 29.1. The second kappa shape index (κ2) is 25.0. The molecule has 1 saturated carbocycles. The number of piperidine rings is 1. The van der Waals surface area contributed by atoms with Crippen molar-refractivity contribution in [2.75, 3.05) is 18.4 Å². The number of aliphatic hydroxyl groups is 1. The number of likely N-dealkylation sites (tertiary alicyclic amines) is 1. The number of thiocarbonyl (C=S) groups is 1. The minimum Gasteiger partial charge on any atom is -0.469 e. The van der Waals surface area contributed by atoms with Gasteiger partial charge in [-0.1, -0.05) is 103 Å². The zero-order valence-electron chi connectivity index (χ0n) is 42.2. The lowest BCUT2D eigenvalue weighted by Gasteiger charge is -2.47. The van der Waals surface area contributed by atoms with Crippen LogP contribution in [0.25, 0.3) is 10.9 Å². The third kappa shape index (κ3) is 16.4. The predicted octanol–water partition coefficient (Wildman–Crippen LogP) is 8.27. The highest BCUT2D eigenvalue weighted by Crippen LogP contribution is 2.39. The molecule has 5 aromatic rings. The van der Waals surface area contributed by atoms with E-state index in [4.69, 9.17) is 38.8 Å². The van der Waals surface area contributed by atoms with Gasteiger partial charge in [-0.2, -0.15) is 0 Å². The number of furan rings is 1. The summed E-state index contributed by atoms with van der Waals surface area (Å²) < 4.78 is 5.26. The van der Waals surface area contributed by atoms with Gasteiger partial charge in [-0.3, -0.25) is 24.1 Å². The summed E-state index contributed by atoms with van der Waals surface area (Å²) in [4.78, 5) is 65.2. The van der Waals surface area contributed by atoms with Gasteiger partial charge in [0.15, 0.2) is 0 Å². The molecule has 2 aliphatic rings. The van der Waals surface area contributed by atoms with Crippen LogP contribution in [0.5, 0.6) is 0 Å². The number of carbonyl (C=O) groups is 4. The van der Waals surface area contributed by atoms with Gasteiger partial charge >= 0.3 is 0 Å². The Labute approximate surface area is 433 Å². The van der Waals surface area contributed by atoms with Crippen molar-refractivity contribution in [2.24, 2.45) is 22.7 Å². The minimum absolute atomic E-state index is 0.0566.